The summed E-state index contributed by atoms with van der Waals surface area (Å²) >= 11 is 0. The number of hydrogen-bond acceptors (Lipinski definition) is 3. The summed E-state index contributed by atoms with van der Waals surface area (Å²) in [7, 11) is -2.03. The lowest BCUT2D eigenvalue weighted by molar-refractivity contribution is 0.588. The normalized spacial score (nSPS) is 11.7. The van der Waals surface area contributed by atoms with Crippen LogP contribution in [0, 0.1) is 0 Å². The molecule has 0 atom stereocenters. The van der Waals surface area contributed by atoms with Crippen molar-refractivity contribution in [1.82, 2.24) is 4.72 Å². The molecule has 6 nitrogen and oxygen atoms in total. The molecule has 0 saturated carbocycles. The van der Waals surface area contributed by atoms with Crippen LogP contribution in [0.15, 0.2) is 58.4 Å². The third-order valence-corrected chi connectivity index (χ3v) is 4.97. The molecule has 0 aliphatic rings. The average molecular weight is 474 g/mol. The van der Waals surface area contributed by atoms with E-state index in [0.29, 0.717) is 12.5 Å². The first-order valence-electron chi connectivity index (χ1n) is 7.63. The van der Waals surface area contributed by atoms with E-state index in [2.05, 4.69) is 28.0 Å². The van der Waals surface area contributed by atoms with Gasteiger partial charge in [-0.25, -0.2) is 18.1 Å². The van der Waals surface area contributed by atoms with E-state index in [-0.39, 0.29) is 28.9 Å². The van der Waals surface area contributed by atoms with Gasteiger partial charge < -0.3 is 11.1 Å². The molecule has 0 bridgehead atoms. The lowest BCUT2D eigenvalue weighted by Crippen LogP contribution is -2.22. The second kappa shape index (κ2) is 9.73. The van der Waals surface area contributed by atoms with Gasteiger partial charge in [0.15, 0.2) is 5.96 Å². The van der Waals surface area contributed by atoms with Crippen LogP contribution in [0.3, 0.4) is 0 Å². The Bertz CT molecular complexity index is 821. The molecule has 0 fully saturated rings. The third kappa shape index (κ3) is 6.29. The summed E-state index contributed by atoms with van der Waals surface area (Å²) in [6.07, 6.45) is 0.953. The zero-order chi connectivity index (χ0) is 17.6. The number of nitrogens with two attached hydrogens (primary N) is 1. The van der Waals surface area contributed by atoms with Crippen LogP contribution in [0.25, 0.3) is 0 Å². The van der Waals surface area contributed by atoms with Crippen molar-refractivity contribution in [2.75, 3.05) is 12.4 Å². The highest BCUT2D eigenvalue weighted by atomic mass is 127. The molecule has 2 aromatic rings. The van der Waals surface area contributed by atoms with E-state index in [1.807, 2.05) is 18.2 Å². The van der Waals surface area contributed by atoms with Gasteiger partial charge in [-0.2, -0.15) is 0 Å². The van der Waals surface area contributed by atoms with E-state index in [9.17, 15) is 8.42 Å². The molecular weight excluding hydrogens is 451 g/mol. The van der Waals surface area contributed by atoms with Crippen molar-refractivity contribution < 1.29 is 8.42 Å². The number of nitrogens with zero attached hydrogens (tertiary/aromatic N) is 1. The van der Waals surface area contributed by atoms with Crippen molar-refractivity contribution in [2.45, 2.75) is 24.8 Å². The first-order valence-corrected chi connectivity index (χ1v) is 9.11. The molecule has 25 heavy (non-hydrogen) atoms. The summed E-state index contributed by atoms with van der Waals surface area (Å²) in [6.45, 7) is 2.46. The van der Waals surface area contributed by atoms with Crippen LogP contribution in [-0.2, 0) is 23.0 Å². The summed E-state index contributed by atoms with van der Waals surface area (Å²) in [4.78, 5) is 4.50. The maximum Gasteiger partial charge on any atom is 0.240 e. The van der Waals surface area contributed by atoms with E-state index in [1.165, 1.54) is 12.6 Å². The minimum atomic E-state index is -3.42. The van der Waals surface area contributed by atoms with Crippen LogP contribution in [-0.4, -0.2) is 21.4 Å². The number of benzene rings is 2. The van der Waals surface area contributed by atoms with Crippen molar-refractivity contribution in [2.24, 2.45) is 10.7 Å². The summed E-state index contributed by atoms with van der Waals surface area (Å²) in [5.74, 6) is 0.315. The molecule has 0 aromatic heterocycles. The third-order valence-electron chi connectivity index (χ3n) is 3.54. The van der Waals surface area contributed by atoms with Gasteiger partial charge in [-0.1, -0.05) is 31.2 Å². The van der Waals surface area contributed by atoms with Gasteiger partial charge in [-0.15, -0.1) is 24.0 Å². The van der Waals surface area contributed by atoms with Crippen molar-refractivity contribution in [1.29, 1.82) is 0 Å². The predicted octanol–water partition coefficient (Wildman–Crippen LogP) is 2.70. The molecule has 0 heterocycles. The minimum absolute atomic E-state index is 0. The molecule has 0 aliphatic carbocycles. The SMILES string of the molecule is CCc1cccc(NC(N)=NCc2ccc(S(=O)(=O)NC)cc2)c1.I. The van der Waals surface area contributed by atoms with Gasteiger partial charge in [0.1, 0.15) is 0 Å². The lowest BCUT2D eigenvalue weighted by atomic mass is 10.1. The zero-order valence-electron chi connectivity index (χ0n) is 14.2. The highest BCUT2D eigenvalue weighted by Gasteiger charge is 2.10. The topological polar surface area (TPSA) is 96.6 Å². The zero-order valence-corrected chi connectivity index (χ0v) is 17.3. The number of aryl methyl sites for hydroxylation is 1. The smallest absolute Gasteiger partial charge is 0.240 e. The van der Waals surface area contributed by atoms with Gasteiger partial charge in [0.2, 0.25) is 10.0 Å². The molecule has 0 saturated heterocycles. The summed E-state index contributed by atoms with van der Waals surface area (Å²) < 4.78 is 25.6. The van der Waals surface area contributed by atoms with Gasteiger partial charge in [-0.05, 0) is 48.9 Å². The average Bonchev–Trinajstić information content (AvgIpc) is 2.60. The predicted molar refractivity (Wildman–Crippen MR) is 113 cm³/mol. The standard InChI is InChI=1S/C17H22N4O2S.HI/c1-3-13-5-4-6-15(11-13)21-17(18)20-12-14-7-9-16(10-8-14)24(22,23)19-2;/h4-11,19H,3,12H2,1-2H3,(H3,18,20,21);1H. The molecule has 4 N–H and O–H groups in total. The number of sulfonamides is 1. The monoisotopic (exact) mass is 474 g/mol. The van der Waals surface area contributed by atoms with Crippen molar-refractivity contribution in [3.05, 3.63) is 59.7 Å². The van der Waals surface area contributed by atoms with Gasteiger partial charge in [0, 0.05) is 5.69 Å². The Labute approximate surface area is 166 Å². The number of nitrogens with one attached hydrogen (secondary N) is 2. The fourth-order valence-corrected chi connectivity index (χ4v) is 2.85. The second-order valence-corrected chi connectivity index (χ2v) is 7.12. The Morgan fingerprint density at radius 3 is 2.40 bits per heavy atom. The maximum absolute atomic E-state index is 11.7. The van der Waals surface area contributed by atoms with Crippen LogP contribution in [0.4, 0.5) is 5.69 Å². The van der Waals surface area contributed by atoms with Crippen molar-refractivity contribution >= 4 is 45.6 Å². The van der Waals surface area contributed by atoms with Crippen LogP contribution in [0.2, 0.25) is 0 Å². The van der Waals surface area contributed by atoms with E-state index < -0.39 is 10.0 Å². The molecule has 2 rings (SSSR count). The molecule has 0 amide bonds. The highest BCUT2D eigenvalue weighted by Crippen LogP contribution is 2.12. The number of aliphatic imine (C=N–C) groups is 1. The lowest BCUT2D eigenvalue weighted by Gasteiger charge is -2.07. The second-order valence-electron chi connectivity index (χ2n) is 5.23. The number of rotatable bonds is 6. The summed E-state index contributed by atoms with van der Waals surface area (Å²) in [5.41, 5.74) is 8.88. The molecule has 8 heteroatoms. The Balaban J connectivity index is 0.00000312. The van der Waals surface area contributed by atoms with Crippen molar-refractivity contribution in [3.63, 3.8) is 0 Å². The van der Waals surface area contributed by atoms with Crippen LogP contribution < -0.4 is 15.8 Å². The highest BCUT2D eigenvalue weighted by molar-refractivity contribution is 14.0. The van der Waals surface area contributed by atoms with E-state index >= 15 is 0 Å². The Morgan fingerprint density at radius 2 is 1.80 bits per heavy atom. The fraction of sp³-hybridized carbons (Fsp3) is 0.235. The van der Waals surface area contributed by atoms with Gasteiger partial charge >= 0.3 is 0 Å². The van der Waals surface area contributed by atoms with Gasteiger partial charge in [0.25, 0.3) is 0 Å². The first kappa shape index (κ1) is 21.4. The molecule has 136 valence electrons. The maximum atomic E-state index is 11.7. The molecule has 2 aromatic carbocycles. The fourth-order valence-electron chi connectivity index (χ4n) is 2.12. The molecule has 0 unspecified atom stereocenters. The number of guanidine groups is 1. The molecule has 0 aliphatic heterocycles. The quantitative estimate of drug-likeness (QED) is 0.341. The molecule has 0 radical (unpaired) electrons. The Hall–Kier alpha value is -1.65. The number of anilines is 1. The van der Waals surface area contributed by atoms with Crippen LogP contribution in [0.5, 0.6) is 0 Å². The molecular formula is C17H23IN4O2S. The largest absolute Gasteiger partial charge is 0.370 e. The van der Waals surface area contributed by atoms with Crippen LogP contribution in [0.1, 0.15) is 18.1 Å². The number of hydrogen-bond donors (Lipinski definition) is 3. The van der Waals surface area contributed by atoms with Gasteiger partial charge in [-0.3, -0.25) is 0 Å². The van der Waals surface area contributed by atoms with E-state index in [4.69, 9.17) is 5.73 Å². The van der Waals surface area contributed by atoms with E-state index in [0.717, 1.165) is 17.7 Å². The molecule has 0 spiro atoms. The Kier molecular flexibility index (Phi) is 8.33. The summed E-state index contributed by atoms with van der Waals surface area (Å²) in [5, 5.41) is 3.05. The van der Waals surface area contributed by atoms with Crippen LogP contribution >= 0.6 is 24.0 Å². The Morgan fingerprint density at radius 1 is 1.12 bits per heavy atom. The van der Waals surface area contributed by atoms with E-state index in [1.54, 1.807) is 24.3 Å². The summed E-state index contributed by atoms with van der Waals surface area (Å²) in [6, 6.07) is 14.5. The first-order chi connectivity index (χ1) is 11.4. The van der Waals surface area contributed by atoms with Gasteiger partial charge in [0.05, 0.1) is 11.4 Å². The number of halogens is 1. The van der Waals surface area contributed by atoms with Crippen molar-refractivity contribution in [3.8, 4) is 0 Å². The minimum Gasteiger partial charge on any atom is -0.370 e.